The molecule has 2 aliphatic carbocycles. The second-order valence-electron chi connectivity index (χ2n) is 2.41. The summed E-state index contributed by atoms with van der Waals surface area (Å²) < 4.78 is 0. The lowest BCUT2D eigenvalue weighted by Crippen LogP contribution is -1.96. The van der Waals surface area contributed by atoms with Crippen LogP contribution in [0.15, 0.2) is 30.0 Å². The molecule has 40 valence electrons. The van der Waals surface area contributed by atoms with E-state index in [1.165, 1.54) is 6.42 Å². The van der Waals surface area contributed by atoms with E-state index in [0.29, 0.717) is 5.92 Å². The first kappa shape index (κ1) is 4.17. The predicted octanol–water partition coefficient (Wildman–Crippen LogP) is 1.90. The summed E-state index contributed by atoms with van der Waals surface area (Å²) in [6.45, 7) is 0. The minimum absolute atomic E-state index is 0.704. The van der Waals surface area contributed by atoms with Crippen LogP contribution < -0.4 is 0 Å². The van der Waals surface area contributed by atoms with Crippen LogP contribution in [-0.2, 0) is 0 Å². The standard InChI is InChI=1S/C8H8/c1-3-7-5-2-6-8(7)4-1/h1,3,5-8H,4H2. The molecular formula is C8H8. The van der Waals surface area contributed by atoms with Gasteiger partial charge in [-0.2, -0.15) is 0 Å². The molecule has 2 rings (SSSR count). The second kappa shape index (κ2) is 1.37. The Morgan fingerprint density at radius 1 is 1.38 bits per heavy atom. The SMILES string of the molecule is C1=CC2C=CCC2C=1. The minimum Gasteiger partial charge on any atom is -0.129 e. The Balaban J connectivity index is 2.31. The maximum atomic E-state index is 3.12. The van der Waals surface area contributed by atoms with Gasteiger partial charge >= 0.3 is 0 Å². The Morgan fingerprint density at radius 2 is 2.38 bits per heavy atom. The molecule has 0 amide bonds. The van der Waals surface area contributed by atoms with Crippen molar-refractivity contribution in [3.63, 3.8) is 0 Å². The van der Waals surface area contributed by atoms with E-state index in [0.717, 1.165) is 5.92 Å². The highest BCUT2D eigenvalue weighted by atomic mass is 14.2. The molecule has 0 bridgehead atoms. The molecule has 0 radical (unpaired) electrons. The summed E-state index contributed by atoms with van der Waals surface area (Å²) in [7, 11) is 0. The van der Waals surface area contributed by atoms with E-state index in [9.17, 15) is 0 Å². The third-order valence-corrected chi connectivity index (χ3v) is 1.86. The van der Waals surface area contributed by atoms with Gasteiger partial charge in [0.1, 0.15) is 0 Å². The largest absolute Gasteiger partial charge is 0.129 e. The fourth-order valence-corrected chi connectivity index (χ4v) is 1.34. The van der Waals surface area contributed by atoms with Gasteiger partial charge in [0.15, 0.2) is 0 Å². The lowest BCUT2D eigenvalue weighted by Gasteiger charge is -2.02. The molecule has 0 N–H and O–H groups in total. The zero-order valence-corrected chi connectivity index (χ0v) is 4.67. The van der Waals surface area contributed by atoms with Crippen LogP contribution in [0.5, 0.6) is 0 Å². The number of hydrogen-bond donors (Lipinski definition) is 0. The van der Waals surface area contributed by atoms with E-state index < -0.39 is 0 Å². The Hall–Kier alpha value is -0.740. The van der Waals surface area contributed by atoms with Crippen molar-refractivity contribution in [2.45, 2.75) is 6.42 Å². The van der Waals surface area contributed by atoms with Crippen molar-refractivity contribution >= 4 is 0 Å². The van der Waals surface area contributed by atoms with Crippen molar-refractivity contribution < 1.29 is 0 Å². The summed E-state index contributed by atoms with van der Waals surface area (Å²) in [5, 5.41) is 0. The molecule has 8 heavy (non-hydrogen) atoms. The third-order valence-electron chi connectivity index (χ3n) is 1.86. The smallest absolute Gasteiger partial charge is 0.00942 e. The fraction of sp³-hybridized carbons (Fsp3) is 0.375. The van der Waals surface area contributed by atoms with E-state index in [2.05, 4.69) is 30.0 Å². The summed E-state index contributed by atoms with van der Waals surface area (Å²) in [4.78, 5) is 0. The molecule has 0 heteroatoms. The summed E-state index contributed by atoms with van der Waals surface area (Å²) >= 11 is 0. The van der Waals surface area contributed by atoms with Gasteiger partial charge in [0, 0.05) is 5.92 Å². The Bertz CT molecular complexity index is 180. The van der Waals surface area contributed by atoms with Crippen molar-refractivity contribution in [3.05, 3.63) is 30.0 Å². The van der Waals surface area contributed by atoms with Crippen molar-refractivity contribution in [2.24, 2.45) is 11.8 Å². The molecule has 0 aromatic heterocycles. The number of hydrogen-bond acceptors (Lipinski definition) is 0. The Kier molecular flexibility index (Phi) is 0.712. The highest BCUT2D eigenvalue weighted by Gasteiger charge is 2.19. The van der Waals surface area contributed by atoms with Gasteiger partial charge in [-0.15, -0.1) is 5.73 Å². The summed E-state index contributed by atoms with van der Waals surface area (Å²) in [6.07, 6.45) is 10.1. The van der Waals surface area contributed by atoms with Crippen LogP contribution in [0.25, 0.3) is 0 Å². The van der Waals surface area contributed by atoms with Gasteiger partial charge < -0.3 is 0 Å². The molecule has 0 aromatic carbocycles. The minimum atomic E-state index is 0.704. The zero-order chi connectivity index (χ0) is 5.40. The average molecular weight is 104 g/mol. The van der Waals surface area contributed by atoms with E-state index in [-0.39, 0.29) is 0 Å². The average Bonchev–Trinajstić information content (AvgIpc) is 2.15. The van der Waals surface area contributed by atoms with Crippen LogP contribution in [0.4, 0.5) is 0 Å². The van der Waals surface area contributed by atoms with Crippen LogP contribution in [0.1, 0.15) is 6.42 Å². The Labute approximate surface area is 49.2 Å². The van der Waals surface area contributed by atoms with Crippen LogP contribution in [0.2, 0.25) is 0 Å². The molecule has 0 fully saturated rings. The number of rotatable bonds is 0. The zero-order valence-electron chi connectivity index (χ0n) is 4.67. The van der Waals surface area contributed by atoms with Gasteiger partial charge in [-0.3, -0.25) is 0 Å². The highest BCUT2D eigenvalue weighted by Crippen LogP contribution is 2.29. The van der Waals surface area contributed by atoms with Crippen LogP contribution in [0, 0.1) is 11.8 Å². The Morgan fingerprint density at radius 3 is 3.25 bits per heavy atom. The second-order valence-corrected chi connectivity index (χ2v) is 2.41. The summed E-state index contributed by atoms with van der Waals surface area (Å²) in [5.74, 6) is 1.48. The van der Waals surface area contributed by atoms with E-state index in [1.54, 1.807) is 0 Å². The maximum Gasteiger partial charge on any atom is 0.00942 e. The van der Waals surface area contributed by atoms with Crippen LogP contribution in [-0.4, -0.2) is 0 Å². The predicted molar refractivity (Wildman–Crippen MR) is 33.4 cm³/mol. The quantitative estimate of drug-likeness (QED) is 0.325. The molecule has 0 nitrogen and oxygen atoms in total. The first-order valence-corrected chi connectivity index (χ1v) is 3.06. The van der Waals surface area contributed by atoms with Gasteiger partial charge in [-0.05, 0) is 24.5 Å². The van der Waals surface area contributed by atoms with Crippen molar-refractivity contribution in [3.8, 4) is 0 Å². The molecule has 2 atom stereocenters. The van der Waals surface area contributed by atoms with Crippen LogP contribution >= 0.6 is 0 Å². The molecule has 0 saturated carbocycles. The van der Waals surface area contributed by atoms with Crippen LogP contribution in [0.3, 0.4) is 0 Å². The molecule has 2 aliphatic rings. The number of fused-ring (bicyclic) bond motifs is 1. The lowest BCUT2D eigenvalue weighted by atomic mass is 10.0. The lowest BCUT2D eigenvalue weighted by molar-refractivity contribution is 0.620. The topological polar surface area (TPSA) is 0 Å². The normalized spacial score (nSPS) is 39.0. The third kappa shape index (κ3) is 0.410. The molecule has 0 spiro atoms. The first-order chi connectivity index (χ1) is 3.97. The molecule has 0 aromatic rings. The monoisotopic (exact) mass is 104 g/mol. The van der Waals surface area contributed by atoms with E-state index >= 15 is 0 Å². The molecule has 2 unspecified atom stereocenters. The van der Waals surface area contributed by atoms with Crippen molar-refractivity contribution in [2.75, 3.05) is 0 Å². The van der Waals surface area contributed by atoms with E-state index in [1.807, 2.05) is 0 Å². The summed E-state index contributed by atoms with van der Waals surface area (Å²) in [6, 6.07) is 0. The fourth-order valence-electron chi connectivity index (χ4n) is 1.34. The van der Waals surface area contributed by atoms with Crippen molar-refractivity contribution in [1.82, 2.24) is 0 Å². The number of allylic oxidation sites excluding steroid dienone is 3. The maximum absolute atomic E-state index is 3.12. The molecule has 0 aliphatic heterocycles. The van der Waals surface area contributed by atoms with Gasteiger partial charge in [0.05, 0.1) is 0 Å². The van der Waals surface area contributed by atoms with Gasteiger partial charge in [0.25, 0.3) is 0 Å². The molecule has 0 heterocycles. The van der Waals surface area contributed by atoms with Gasteiger partial charge in [0.2, 0.25) is 0 Å². The highest BCUT2D eigenvalue weighted by molar-refractivity contribution is 5.19. The molecular weight excluding hydrogens is 96.1 g/mol. The van der Waals surface area contributed by atoms with E-state index in [4.69, 9.17) is 0 Å². The van der Waals surface area contributed by atoms with Crippen molar-refractivity contribution in [1.29, 1.82) is 0 Å². The van der Waals surface area contributed by atoms with Gasteiger partial charge in [-0.25, -0.2) is 0 Å². The first-order valence-electron chi connectivity index (χ1n) is 3.06. The summed E-state index contributed by atoms with van der Waals surface area (Å²) in [5.41, 5.74) is 3.12. The molecule has 0 saturated heterocycles. The van der Waals surface area contributed by atoms with Gasteiger partial charge in [-0.1, -0.05) is 12.2 Å².